The van der Waals surface area contributed by atoms with Crippen molar-refractivity contribution in [1.82, 2.24) is 4.98 Å². The first-order chi connectivity index (χ1) is 11.4. The van der Waals surface area contributed by atoms with Crippen LogP contribution in [0.1, 0.15) is 17.3 Å². The number of carbonyl (C=O) groups is 1. The molecule has 1 N–H and O–H groups in total. The van der Waals surface area contributed by atoms with E-state index in [1.807, 2.05) is 6.92 Å². The maximum Gasteiger partial charge on any atom is 0.422 e. The average molecular weight is 340 g/mol. The van der Waals surface area contributed by atoms with E-state index in [4.69, 9.17) is 4.74 Å². The van der Waals surface area contributed by atoms with E-state index >= 15 is 0 Å². The first-order valence-corrected chi connectivity index (χ1v) is 7.08. The molecular formula is C16H15F3N2O3. The molecule has 1 aromatic heterocycles. The number of nitrogens with zero attached hydrogens (tertiary/aromatic N) is 1. The monoisotopic (exact) mass is 340 g/mol. The number of benzene rings is 1. The zero-order chi connectivity index (χ0) is 17.6. The molecule has 0 aliphatic heterocycles. The Morgan fingerprint density at radius 2 is 1.92 bits per heavy atom. The Bertz CT molecular complexity index is 688. The van der Waals surface area contributed by atoms with Crippen LogP contribution in [0.25, 0.3) is 0 Å². The molecule has 5 nitrogen and oxygen atoms in total. The summed E-state index contributed by atoms with van der Waals surface area (Å²) >= 11 is 0. The Kier molecular flexibility index (Phi) is 5.62. The number of amides is 1. The fraction of sp³-hybridized carbons (Fsp3) is 0.250. The standard InChI is InChI=1S/C16H15F3N2O3/c1-2-23-13-6-4-3-5-12(13)21-15(22)11-7-8-14(20-9-11)24-10-16(17,18)19/h3-9H,2,10H2,1H3,(H,21,22). The van der Waals surface area contributed by atoms with Crippen LogP contribution in [-0.2, 0) is 0 Å². The number of pyridine rings is 1. The normalized spacial score (nSPS) is 11.0. The van der Waals surface area contributed by atoms with E-state index in [1.165, 1.54) is 12.1 Å². The highest BCUT2D eigenvalue weighted by Crippen LogP contribution is 2.24. The number of nitrogens with one attached hydrogen (secondary N) is 1. The molecule has 1 heterocycles. The first-order valence-electron chi connectivity index (χ1n) is 7.08. The lowest BCUT2D eigenvalue weighted by molar-refractivity contribution is -0.154. The molecule has 0 saturated heterocycles. The van der Waals surface area contributed by atoms with Crippen LogP contribution in [0.4, 0.5) is 18.9 Å². The van der Waals surface area contributed by atoms with E-state index < -0.39 is 18.7 Å². The maximum absolute atomic E-state index is 12.2. The lowest BCUT2D eigenvalue weighted by atomic mass is 10.2. The quantitative estimate of drug-likeness (QED) is 0.871. The number of para-hydroxylation sites is 2. The van der Waals surface area contributed by atoms with E-state index in [9.17, 15) is 18.0 Å². The van der Waals surface area contributed by atoms with Crippen LogP contribution in [0, 0.1) is 0 Å². The second kappa shape index (κ2) is 7.67. The third-order valence-corrected chi connectivity index (χ3v) is 2.82. The van der Waals surface area contributed by atoms with E-state index in [1.54, 1.807) is 24.3 Å². The van der Waals surface area contributed by atoms with Crippen LogP contribution in [0.5, 0.6) is 11.6 Å². The maximum atomic E-state index is 12.2. The second-order valence-corrected chi connectivity index (χ2v) is 4.67. The van der Waals surface area contributed by atoms with Crippen molar-refractivity contribution in [2.75, 3.05) is 18.5 Å². The molecule has 0 radical (unpaired) electrons. The van der Waals surface area contributed by atoms with Crippen molar-refractivity contribution in [2.45, 2.75) is 13.1 Å². The summed E-state index contributed by atoms with van der Waals surface area (Å²) in [4.78, 5) is 15.9. The van der Waals surface area contributed by atoms with Gasteiger partial charge in [-0.25, -0.2) is 4.98 Å². The fourth-order valence-electron chi connectivity index (χ4n) is 1.80. The van der Waals surface area contributed by atoms with Crippen molar-refractivity contribution in [2.24, 2.45) is 0 Å². The van der Waals surface area contributed by atoms with Crippen molar-refractivity contribution >= 4 is 11.6 Å². The van der Waals surface area contributed by atoms with E-state index in [2.05, 4.69) is 15.0 Å². The molecular weight excluding hydrogens is 325 g/mol. The molecule has 8 heteroatoms. The third-order valence-electron chi connectivity index (χ3n) is 2.82. The summed E-state index contributed by atoms with van der Waals surface area (Å²) in [5, 5.41) is 2.66. The minimum Gasteiger partial charge on any atom is -0.492 e. The average Bonchev–Trinajstić information content (AvgIpc) is 2.55. The van der Waals surface area contributed by atoms with Crippen LogP contribution >= 0.6 is 0 Å². The summed E-state index contributed by atoms with van der Waals surface area (Å²) < 4.78 is 46.1. The highest BCUT2D eigenvalue weighted by Gasteiger charge is 2.28. The van der Waals surface area contributed by atoms with Crippen molar-refractivity contribution in [3.63, 3.8) is 0 Å². The van der Waals surface area contributed by atoms with Crippen molar-refractivity contribution in [3.8, 4) is 11.6 Å². The minimum atomic E-state index is -4.44. The predicted octanol–water partition coefficient (Wildman–Crippen LogP) is 3.67. The van der Waals surface area contributed by atoms with Crippen LogP contribution in [0.2, 0.25) is 0 Å². The summed E-state index contributed by atoms with van der Waals surface area (Å²) in [6, 6.07) is 9.44. The topological polar surface area (TPSA) is 60.5 Å². The number of alkyl halides is 3. The van der Waals surface area contributed by atoms with Gasteiger partial charge in [-0.2, -0.15) is 13.2 Å². The van der Waals surface area contributed by atoms with Crippen LogP contribution in [0.3, 0.4) is 0 Å². The van der Waals surface area contributed by atoms with Crippen molar-refractivity contribution < 1.29 is 27.4 Å². The molecule has 0 aliphatic rings. The summed E-state index contributed by atoms with van der Waals surface area (Å²) in [7, 11) is 0. The summed E-state index contributed by atoms with van der Waals surface area (Å²) in [5.41, 5.74) is 0.669. The van der Waals surface area contributed by atoms with Gasteiger partial charge in [-0.15, -0.1) is 0 Å². The zero-order valence-electron chi connectivity index (χ0n) is 12.8. The van der Waals surface area contributed by atoms with Crippen molar-refractivity contribution in [1.29, 1.82) is 0 Å². The Balaban J connectivity index is 2.03. The third kappa shape index (κ3) is 5.15. The Morgan fingerprint density at radius 1 is 1.17 bits per heavy atom. The van der Waals surface area contributed by atoms with E-state index in [0.717, 1.165) is 6.20 Å². The smallest absolute Gasteiger partial charge is 0.422 e. The largest absolute Gasteiger partial charge is 0.492 e. The van der Waals surface area contributed by atoms with Gasteiger partial charge in [-0.05, 0) is 25.1 Å². The van der Waals surface area contributed by atoms with Crippen LogP contribution in [0.15, 0.2) is 42.6 Å². The van der Waals surface area contributed by atoms with Gasteiger partial charge in [0.2, 0.25) is 5.88 Å². The number of hydrogen-bond acceptors (Lipinski definition) is 4. The minimum absolute atomic E-state index is 0.181. The molecule has 0 aliphatic carbocycles. The molecule has 0 spiro atoms. The van der Waals surface area contributed by atoms with Gasteiger partial charge < -0.3 is 14.8 Å². The number of halogens is 3. The molecule has 0 unspecified atom stereocenters. The van der Waals surface area contributed by atoms with Gasteiger partial charge in [-0.1, -0.05) is 12.1 Å². The molecule has 0 bridgehead atoms. The van der Waals surface area contributed by atoms with E-state index in [-0.39, 0.29) is 11.4 Å². The SMILES string of the molecule is CCOc1ccccc1NC(=O)c1ccc(OCC(F)(F)F)nc1. The van der Waals surface area contributed by atoms with Gasteiger partial charge in [0.15, 0.2) is 6.61 Å². The molecule has 1 aromatic carbocycles. The van der Waals surface area contributed by atoms with Crippen LogP contribution in [-0.4, -0.2) is 30.3 Å². The van der Waals surface area contributed by atoms with Crippen LogP contribution < -0.4 is 14.8 Å². The molecule has 128 valence electrons. The lowest BCUT2D eigenvalue weighted by Crippen LogP contribution is -2.19. The summed E-state index contributed by atoms with van der Waals surface area (Å²) in [6.45, 7) is 0.829. The molecule has 0 fully saturated rings. The molecule has 2 rings (SSSR count). The summed E-state index contributed by atoms with van der Waals surface area (Å²) in [5.74, 6) is -0.151. The number of carbonyl (C=O) groups excluding carboxylic acids is 1. The van der Waals surface area contributed by atoms with Gasteiger partial charge in [0.25, 0.3) is 5.91 Å². The second-order valence-electron chi connectivity index (χ2n) is 4.67. The van der Waals surface area contributed by atoms with Gasteiger partial charge in [0, 0.05) is 12.3 Å². The molecule has 0 atom stereocenters. The number of rotatable bonds is 6. The van der Waals surface area contributed by atoms with Crippen molar-refractivity contribution in [3.05, 3.63) is 48.2 Å². The zero-order valence-corrected chi connectivity index (χ0v) is 12.8. The van der Waals surface area contributed by atoms with Gasteiger partial charge in [0.1, 0.15) is 5.75 Å². The first kappa shape index (κ1) is 17.6. The number of hydrogen-bond donors (Lipinski definition) is 1. The Labute approximate surface area is 136 Å². The fourth-order valence-corrected chi connectivity index (χ4v) is 1.80. The molecule has 24 heavy (non-hydrogen) atoms. The molecule has 0 saturated carbocycles. The highest BCUT2D eigenvalue weighted by atomic mass is 19.4. The van der Waals surface area contributed by atoms with Gasteiger partial charge in [0.05, 0.1) is 17.9 Å². The number of aromatic nitrogens is 1. The Morgan fingerprint density at radius 3 is 2.54 bits per heavy atom. The van der Waals surface area contributed by atoms with Gasteiger partial charge in [-0.3, -0.25) is 4.79 Å². The predicted molar refractivity (Wildman–Crippen MR) is 81.4 cm³/mol. The Hall–Kier alpha value is -2.77. The number of anilines is 1. The molecule has 2 aromatic rings. The van der Waals surface area contributed by atoms with E-state index in [0.29, 0.717) is 18.0 Å². The lowest BCUT2D eigenvalue weighted by Gasteiger charge is -2.11. The number of ether oxygens (including phenoxy) is 2. The highest BCUT2D eigenvalue weighted by molar-refractivity contribution is 6.04. The molecule has 1 amide bonds. The van der Waals surface area contributed by atoms with Gasteiger partial charge >= 0.3 is 6.18 Å². The summed E-state index contributed by atoms with van der Waals surface area (Å²) in [6.07, 6.45) is -3.30.